The van der Waals surface area contributed by atoms with E-state index in [4.69, 9.17) is 0 Å². The van der Waals surface area contributed by atoms with Gasteiger partial charge in [0.15, 0.2) is 6.29 Å². The Kier molecular flexibility index (Phi) is 2.26. The van der Waals surface area contributed by atoms with E-state index in [1.165, 1.54) is 0 Å². The minimum absolute atomic E-state index is 0.684. The number of hydrogen-bond acceptors (Lipinski definition) is 1. The van der Waals surface area contributed by atoms with Crippen LogP contribution in [0.25, 0.3) is 10.9 Å². The standard InChI is InChI=1S/C9H5Br2NO/c10-7-2-1-6-5(4-13)3-12-9(6)8(7)11/h1-4,12H. The third-order valence-corrected chi connectivity index (χ3v) is 3.92. The Morgan fingerprint density at radius 1 is 1.31 bits per heavy atom. The van der Waals surface area contributed by atoms with Crippen LogP contribution in [0.2, 0.25) is 0 Å². The Bertz CT molecular complexity index is 476. The van der Waals surface area contributed by atoms with Gasteiger partial charge in [0.1, 0.15) is 0 Å². The zero-order valence-corrected chi connectivity index (χ0v) is 9.65. The fourth-order valence-corrected chi connectivity index (χ4v) is 2.05. The van der Waals surface area contributed by atoms with Crippen LogP contribution >= 0.6 is 31.9 Å². The van der Waals surface area contributed by atoms with Gasteiger partial charge in [-0.2, -0.15) is 0 Å². The monoisotopic (exact) mass is 301 g/mol. The summed E-state index contributed by atoms with van der Waals surface area (Å²) in [5, 5.41) is 0.935. The fourth-order valence-electron chi connectivity index (χ4n) is 1.26. The average molecular weight is 303 g/mol. The van der Waals surface area contributed by atoms with Crippen LogP contribution in [0.1, 0.15) is 10.4 Å². The molecule has 2 rings (SSSR count). The SMILES string of the molecule is O=Cc1c[nH]c2c(Br)c(Br)ccc12. The summed E-state index contributed by atoms with van der Waals surface area (Å²) in [5.41, 5.74) is 1.62. The Labute approximate surface area is 91.6 Å². The first-order valence-electron chi connectivity index (χ1n) is 3.64. The number of carbonyl (C=O) groups excluding carboxylic acids is 1. The molecule has 0 amide bonds. The molecule has 0 bridgehead atoms. The van der Waals surface area contributed by atoms with Gasteiger partial charge in [0, 0.05) is 21.6 Å². The number of fused-ring (bicyclic) bond motifs is 1. The molecule has 0 saturated carbocycles. The number of aromatic amines is 1. The molecule has 0 spiro atoms. The van der Waals surface area contributed by atoms with E-state index in [2.05, 4.69) is 36.8 Å². The largest absolute Gasteiger partial charge is 0.359 e. The Balaban J connectivity index is 2.88. The first-order chi connectivity index (χ1) is 6.24. The van der Waals surface area contributed by atoms with E-state index in [1.807, 2.05) is 12.1 Å². The van der Waals surface area contributed by atoms with Gasteiger partial charge in [-0.05, 0) is 37.9 Å². The van der Waals surface area contributed by atoms with Crippen molar-refractivity contribution in [3.05, 3.63) is 32.8 Å². The topological polar surface area (TPSA) is 32.9 Å². The Morgan fingerprint density at radius 2 is 2.08 bits per heavy atom. The van der Waals surface area contributed by atoms with Gasteiger partial charge in [0.05, 0.1) is 9.99 Å². The molecule has 1 heterocycles. The number of halogens is 2. The van der Waals surface area contributed by atoms with Crippen LogP contribution in [0.15, 0.2) is 27.3 Å². The van der Waals surface area contributed by atoms with Crippen molar-refractivity contribution >= 4 is 49.0 Å². The van der Waals surface area contributed by atoms with Gasteiger partial charge in [-0.15, -0.1) is 0 Å². The summed E-state index contributed by atoms with van der Waals surface area (Å²) in [7, 11) is 0. The molecule has 1 N–H and O–H groups in total. The van der Waals surface area contributed by atoms with E-state index in [1.54, 1.807) is 6.20 Å². The van der Waals surface area contributed by atoms with Gasteiger partial charge >= 0.3 is 0 Å². The second kappa shape index (κ2) is 3.27. The molecule has 0 aliphatic carbocycles. The molecule has 2 aromatic rings. The number of carbonyl (C=O) groups is 1. The molecule has 0 saturated heterocycles. The van der Waals surface area contributed by atoms with Crippen molar-refractivity contribution in [1.29, 1.82) is 0 Å². The summed E-state index contributed by atoms with van der Waals surface area (Å²) in [4.78, 5) is 13.7. The first-order valence-corrected chi connectivity index (χ1v) is 5.23. The first kappa shape index (κ1) is 8.97. The summed E-state index contributed by atoms with van der Waals surface area (Å²) in [6, 6.07) is 3.82. The van der Waals surface area contributed by atoms with E-state index >= 15 is 0 Å². The second-order valence-corrected chi connectivity index (χ2v) is 4.29. The van der Waals surface area contributed by atoms with Crippen LogP contribution in [0.5, 0.6) is 0 Å². The summed E-state index contributed by atoms with van der Waals surface area (Å²) in [5.74, 6) is 0. The number of hydrogen-bond donors (Lipinski definition) is 1. The fraction of sp³-hybridized carbons (Fsp3) is 0. The highest BCUT2D eigenvalue weighted by atomic mass is 79.9. The van der Waals surface area contributed by atoms with E-state index in [-0.39, 0.29) is 0 Å². The number of benzene rings is 1. The lowest BCUT2D eigenvalue weighted by atomic mass is 10.2. The lowest BCUT2D eigenvalue weighted by Crippen LogP contribution is -1.76. The van der Waals surface area contributed by atoms with Crippen LogP contribution < -0.4 is 0 Å². The maximum absolute atomic E-state index is 10.6. The molecule has 2 nitrogen and oxygen atoms in total. The van der Waals surface area contributed by atoms with Crippen LogP contribution in [-0.2, 0) is 0 Å². The van der Waals surface area contributed by atoms with Crippen molar-refractivity contribution in [1.82, 2.24) is 4.98 Å². The Morgan fingerprint density at radius 3 is 2.77 bits per heavy atom. The van der Waals surface area contributed by atoms with Crippen LogP contribution in [0, 0.1) is 0 Å². The predicted octanol–water partition coefficient (Wildman–Crippen LogP) is 3.51. The lowest BCUT2D eigenvalue weighted by Gasteiger charge is -1.97. The molecule has 0 aliphatic rings. The van der Waals surface area contributed by atoms with Crippen molar-refractivity contribution in [3.63, 3.8) is 0 Å². The number of aldehydes is 1. The van der Waals surface area contributed by atoms with Gasteiger partial charge in [-0.3, -0.25) is 4.79 Å². The maximum atomic E-state index is 10.6. The molecule has 0 aliphatic heterocycles. The highest BCUT2D eigenvalue weighted by Crippen LogP contribution is 2.31. The second-order valence-electron chi connectivity index (χ2n) is 2.65. The maximum Gasteiger partial charge on any atom is 0.152 e. The molecule has 13 heavy (non-hydrogen) atoms. The quantitative estimate of drug-likeness (QED) is 0.804. The van der Waals surface area contributed by atoms with Crippen molar-refractivity contribution in [2.75, 3.05) is 0 Å². The summed E-state index contributed by atoms with van der Waals surface area (Å²) < 4.78 is 1.91. The van der Waals surface area contributed by atoms with Crippen molar-refractivity contribution in [3.8, 4) is 0 Å². The summed E-state index contributed by atoms with van der Waals surface area (Å²) >= 11 is 6.82. The van der Waals surface area contributed by atoms with Gasteiger partial charge < -0.3 is 4.98 Å². The molecule has 0 atom stereocenters. The van der Waals surface area contributed by atoms with E-state index < -0.39 is 0 Å². The summed E-state index contributed by atoms with van der Waals surface area (Å²) in [6.07, 6.45) is 2.55. The van der Waals surface area contributed by atoms with Crippen LogP contribution in [0.4, 0.5) is 0 Å². The zero-order chi connectivity index (χ0) is 9.42. The third kappa shape index (κ3) is 1.34. The van der Waals surface area contributed by atoms with E-state index in [0.29, 0.717) is 5.56 Å². The van der Waals surface area contributed by atoms with Crippen LogP contribution in [0.3, 0.4) is 0 Å². The molecule has 0 unspecified atom stereocenters. The third-order valence-electron chi connectivity index (χ3n) is 1.90. The molecule has 66 valence electrons. The minimum atomic E-state index is 0.684. The number of aromatic nitrogens is 1. The molecular weight excluding hydrogens is 298 g/mol. The van der Waals surface area contributed by atoms with Gasteiger partial charge in [0.25, 0.3) is 0 Å². The molecular formula is C9H5Br2NO. The average Bonchev–Trinajstić information content (AvgIpc) is 2.55. The van der Waals surface area contributed by atoms with Crippen molar-refractivity contribution in [2.24, 2.45) is 0 Å². The minimum Gasteiger partial charge on any atom is -0.359 e. The van der Waals surface area contributed by atoms with Gasteiger partial charge in [0.2, 0.25) is 0 Å². The highest BCUT2D eigenvalue weighted by molar-refractivity contribution is 9.13. The van der Waals surface area contributed by atoms with E-state index in [9.17, 15) is 4.79 Å². The zero-order valence-electron chi connectivity index (χ0n) is 6.47. The molecule has 0 radical (unpaired) electrons. The lowest BCUT2D eigenvalue weighted by molar-refractivity contribution is 0.112. The normalized spacial score (nSPS) is 10.6. The van der Waals surface area contributed by atoms with Crippen molar-refractivity contribution < 1.29 is 4.79 Å². The number of H-pyrrole nitrogens is 1. The summed E-state index contributed by atoms with van der Waals surface area (Å²) in [6.45, 7) is 0. The predicted molar refractivity (Wildman–Crippen MR) is 59.1 cm³/mol. The Hall–Kier alpha value is -0.610. The molecule has 1 aromatic heterocycles. The smallest absolute Gasteiger partial charge is 0.152 e. The highest BCUT2D eigenvalue weighted by Gasteiger charge is 2.07. The molecule has 1 aromatic carbocycles. The van der Waals surface area contributed by atoms with Gasteiger partial charge in [-0.1, -0.05) is 6.07 Å². The van der Waals surface area contributed by atoms with Gasteiger partial charge in [-0.25, -0.2) is 0 Å². The van der Waals surface area contributed by atoms with Crippen molar-refractivity contribution in [2.45, 2.75) is 0 Å². The number of rotatable bonds is 1. The molecule has 4 heteroatoms. The van der Waals surface area contributed by atoms with Crippen LogP contribution in [-0.4, -0.2) is 11.3 Å². The number of nitrogens with one attached hydrogen (secondary N) is 1. The molecule has 0 fully saturated rings. The van der Waals surface area contributed by atoms with E-state index in [0.717, 1.165) is 26.1 Å².